The van der Waals surface area contributed by atoms with Gasteiger partial charge in [-0.2, -0.15) is 0 Å². The number of carbonyl (C=O) groups excluding carboxylic acids is 1. The number of rotatable bonds is 10. The predicted octanol–water partition coefficient (Wildman–Crippen LogP) is 5.68. The average molecular weight is 516 g/mol. The minimum Gasteiger partial charge on any atom is -0.493 e. The molecule has 0 unspecified atom stereocenters. The molecule has 198 valence electrons. The number of nitrogens with one attached hydrogen (secondary N) is 1. The maximum absolute atomic E-state index is 13.6. The number of hydrogen-bond acceptors (Lipinski definition) is 6. The van der Waals surface area contributed by atoms with Crippen LogP contribution in [0.4, 0.5) is 0 Å². The van der Waals surface area contributed by atoms with Crippen LogP contribution in [-0.2, 0) is 17.8 Å². The standard InChI is InChI=1S/C31H33NO6/c1-34-26-14-21-22(15-27(26)35-2)24-13-20(11-8-12-38-18-19-9-6-5-7-10-19)32-31(33)30(24)25-17-29(37-4)28(36-3)16-23(21)25/h5-7,9-10,14-17,20H,8,11-13,18H2,1-4H3,(H,32,33)/t20-/m0/s1. The molecule has 1 atom stereocenters. The highest BCUT2D eigenvalue weighted by Crippen LogP contribution is 2.44. The van der Waals surface area contributed by atoms with E-state index in [0.717, 1.165) is 45.5 Å². The van der Waals surface area contributed by atoms with Gasteiger partial charge in [0.05, 0.1) is 40.6 Å². The minimum absolute atomic E-state index is 0.00390. The molecule has 38 heavy (non-hydrogen) atoms. The molecule has 4 aromatic carbocycles. The molecule has 0 spiro atoms. The zero-order valence-corrected chi connectivity index (χ0v) is 22.3. The molecule has 0 saturated heterocycles. The van der Waals surface area contributed by atoms with Gasteiger partial charge in [-0.05, 0) is 76.2 Å². The maximum atomic E-state index is 13.6. The second kappa shape index (κ2) is 11.2. The molecule has 0 bridgehead atoms. The monoisotopic (exact) mass is 515 g/mol. The van der Waals surface area contributed by atoms with Gasteiger partial charge in [-0.25, -0.2) is 0 Å². The number of fused-ring (bicyclic) bond motifs is 6. The Balaban J connectivity index is 1.50. The van der Waals surface area contributed by atoms with Gasteiger partial charge < -0.3 is 29.0 Å². The summed E-state index contributed by atoms with van der Waals surface area (Å²) < 4.78 is 28.3. The molecule has 7 heteroatoms. The van der Waals surface area contributed by atoms with Gasteiger partial charge >= 0.3 is 0 Å². The fraction of sp³-hybridized carbons (Fsp3) is 0.323. The van der Waals surface area contributed by atoms with Crippen molar-refractivity contribution in [3.05, 3.63) is 71.3 Å². The van der Waals surface area contributed by atoms with Crippen molar-refractivity contribution in [2.45, 2.75) is 31.9 Å². The van der Waals surface area contributed by atoms with Gasteiger partial charge in [0.25, 0.3) is 5.91 Å². The summed E-state index contributed by atoms with van der Waals surface area (Å²) >= 11 is 0. The molecule has 0 aliphatic carbocycles. The topological polar surface area (TPSA) is 75.2 Å². The number of amides is 1. The van der Waals surface area contributed by atoms with Crippen molar-refractivity contribution < 1.29 is 28.5 Å². The maximum Gasteiger partial charge on any atom is 0.252 e. The van der Waals surface area contributed by atoms with Gasteiger partial charge in [0.1, 0.15) is 0 Å². The minimum atomic E-state index is -0.0876. The fourth-order valence-corrected chi connectivity index (χ4v) is 5.35. The molecular weight excluding hydrogens is 482 g/mol. The fourth-order valence-electron chi connectivity index (χ4n) is 5.35. The van der Waals surface area contributed by atoms with Gasteiger partial charge in [0, 0.05) is 12.6 Å². The van der Waals surface area contributed by atoms with Crippen LogP contribution in [0.5, 0.6) is 23.0 Å². The van der Waals surface area contributed by atoms with Gasteiger partial charge in [0.2, 0.25) is 0 Å². The third kappa shape index (κ3) is 4.82. The quantitative estimate of drug-likeness (QED) is 0.216. The van der Waals surface area contributed by atoms with E-state index in [1.807, 2.05) is 42.5 Å². The van der Waals surface area contributed by atoms with Crippen LogP contribution in [0, 0.1) is 0 Å². The molecule has 1 aliphatic heterocycles. The number of ether oxygens (including phenoxy) is 5. The zero-order chi connectivity index (χ0) is 26.6. The van der Waals surface area contributed by atoms with E-state index in [0.29, 0.717) is 48.2 Å². The summed E-state index contributed by atoms with van der Waals surface area (Å²) in [6, 6.07) is 17.9. The largest absolute Gasteiger partial charge is 0.493 e. The molecule has 0 saturated carbocycles. The first-order valence-electron chi connectivity index (χ1n) is 12.8. The Kier molecular flexibility index (Phi) is 7.56. The Labute approximate surface area is 222 Å². The van der Waals surface area contributed by atoms with Crippen LogP contribution in [0.2, 0.25) is 0 Å². The van der Waals surface area contributed by atoms with Gasteiger partial charge in [-0.3, -0.25) is 4.79 Å². The predicted molar refractivity (Wildman–Crippen MR) is 148 cm³/mol. The molecule has 0 fully saturated rings. The first-order chi connectivity index (χ1) is 18.6. The van der Waals surface area contributed by atoms with E-state index in [1.54, 1.807) is 28.4 Å². The molecule has 0 radical (unpaired) electrons. The van der Waals surface area contributed by atoms with Crippen molar-refractivity contribution >= 4 is 27.5 Å². The Morgan fingerprint density at radius 1 is 0.763 bits per heavy atom. The second-order valence-electron chi connectivity index (χ2n) is 9.41. The molecular formula is C31H33NO6. The van der Waals surface area contributed by atoms with Crippen molar-refractivity contribution in [3.63, 3.8) is 0 Å². The molecule has 7 nitrogen and oxygen atoms in total. The average Bonchev–Trinajstić information content (AvgIpc) is 2.95. The third-order valence-electron chi connectivity index (χ3n) is 7.20. The summed E-state index contributed by atoms with van der Waals surface area (Å²) in [7, 11) is 6.45. The molecule has 0 aromatic heterocycles. The molecule has 1 amide bonds. The van der Waals surface area contributed by atoms with E-state index in [4.69, 9.17) is 23.7 Å². The van der Waals surface area contributed by atoms with Crippen LogP contribution in [0.1, 0.15) is 34.3 Å². The molecule has 1 N–H and O–H groups in total. The summed E-state index contributed by atoms with van der Waals surface area (Å²) in [6.07, 6.45) is 2.37. The molecule has 4 aromatic rings. The Hall–Kier alpha value is -3.97. The van der Waals surface area contributed by atoms with E-state index in [9.17, 15) is 4.79 Å². The van der Waals surface area contributed by atoms with Crippen molar-refractivity contribution in [1.82, 2.24) is 5.32 Å². The van der Waals surface area contributed by atoms with Gasteiger partial charge in [-0.15, -0.1) is 0 Å². The second-order valence-corrected chi connectivity index (χ2v) is 9.41. The first kappa shape index (κ1) is 25.7. The molecule has 1 aliphatic rings. The van der Waals surface area contributed by atoms with Crippen LogP contribution < -0.4 is 24.3 Å². The summed E-state index contributed by atoms with van der Waals surface area (Å²) in [5.74, 6) is 2.34. The lowest BCUT2D eigenvalue weighted by Gasteiger charge is -2.29. The van der Waals surface area contributed by atoms with Crippen LogP contribution in [-0.4, -0.2) is 47.0 Å². The summed E-state index contributed by atoms with van der Waals surface area (Å²) in [6.45, 7) is 1.22. The molecule has 5 rings (SSSR count). The number of carbonyl (C=O) groups is 1. The lowest BCUT2D eigenvalue weighted by atomic mass is 9.84. The summed E-state index contributed by atoms with van der Waals surface area (Å²) in [4.78, 5) is 13.6. The highest BCUT2D eigenvalue weighted by Gasteiger charge is 2.30. The number of methoxy groups -OCH3 is 4. The summed E-state index contributed by atoms with van der Waals surface area (Å²) in [5, 5.41) is 6.88. The van der Waals surface area contributed by atoms with Crippen LogP contribution >= 0.6 is 0 Å². The van der Waals surface area contributed by atoms with E-state index in [-0.39, 0.29) is 11.9 Å². The smallest absolute Gasteiger partial charge is 0.252 e. The van der Waals surface area contributed by atoms with E-state index < -0.39 is 0 Å². The SMILES string of the molecule is COc1cc2c3c(c4cc(OC)c(OC)cc4c2cc1OC)C(=O)N[C@@H](CCCOCc1ccccc1)C3. The highest BCUT2D eigenvalue weighted by molar-refractivity contribution is 6.20. The lowest BCUT2D eigenvalue weighted by molar-refractivity contribution is 0.0909. The van der Waals surface area contributed by atoms with Crippen molar-refractivity contribution in [2.75, 3.05) is 35.0 Å². The number of hydrogen-bond donors (Lipinski definition) is 1. The summed E-state index contributed by atoms with van der Waals surface area (Å²) in [5.41, 5.74) is 2.82. The van der Waals surface area contributed by atoms with Crippen LogP contribution in [0.15, 0.2) is 54.6 Å². The normalized spacial score (nSPS) is 14.7. The highest BCUT2D eigenvalue weighted by atomic mass is 16.5. The van der Waals surface area contributed by atoms with Crippen molar-refractivity contribution in [3.8, 4) is 23.0 Å². The van der Waals surface area contributed by atoms with Crippen molar-refractivity contribution in [2.24, 2.45) is 0 Å². The van der Waals surface area contributed by atoms with Gasteiger partial charge in [0.15, 0.2) is 23.0 Å². The van der Waals surface area contributed by atoms with Crippen LogP contribution in [0.3, 0.4) is 0 Å². The Morgan fingerprint density at radius 3 is 1.92 bits per heavy atom. The van der Waals surface area contributed by atoms with Crippen LogP contribution in [0.25, 0.3) is 21.5 Å². The third-order valence-corrected chi connectivity index (χ3v) is 7.20. The Morgan fingerprint density at radius 2 is 1.32 bits per heavy atom. The van der Waals surface area contributed by atoms with E-state index in [2.05, 4.69) is 17.4 Å². The van der Waals surface area contributed by atoms with Gasteiger partial charge in [-0.1, -0.05) is 30.3 Å². The van der Waals surface area contributed by atoms with E-state index >= 15 is 0 Å². The first-order valence-corrected chi connectivity index (χ1v) is 12.8. The zero-order valence-electron chi connectivity index (χ0n) is 22.3. The number of benzene rings is 4. The Bertz CT molecular complexity index is 1470. The van der Waals surface area contributed by atoms with Crippen molar-refractivity contribution in [1.29, 1.82) is 0 Å². The van der Waals surface area contributed by atoms with E-state index in [1.165, 1.54) is 0 Å². The lowest BCUT2D eigenvalue weighted by Crippen LogP contribution is -2.41. The molecule has 1 heterocycles.